The summed E-state index contributed by atoms with van der Waals surface area (Å²) in [5, 5.41) is 0. The fourth-order valence-electron chi connectivity index (χ4n) is 2.09. The molecule has 1 aliphatic rings. The van der Waals surface area contributed by atoms with E-state index < -0.39 is 17.9 Å². The predicted octanol–water partition coefficient (Wildman–Crippen LogP) is 1.68. The van der Waals surface area contributed by atoms with Crippen molar-refractivity contribution in [2.24, 2.45) is 11.8 Å². The van der Waals surface area contributed by atoms with E-state index in [4.69, 9.17) is 5.84 Å². The molecule has 0 aromatic carbocycles. The summed E-state index contributed by atoms with van der Waals surface area (Å²) in [6.07, 6.45) is -3.01. The highest BCUT2D eigenvalue weighted by atomic mass is 19.4. The van der Waals surface area contributed by atoms with Gasteiger partial charge in [-0.15, -0.1) is 0 Å². The Kier molecular flexibility index (Phi) is 3.74. The van der Waals surface area contributed by atoms with E-state index in [1.54, 1.807) is 0 Å². The van der Waals surface area contributed by atoms with Gasteiger partial charge in [0.05, 0.1) is 12.1 Å². The number of aromatic nitrogens is 2. The molecule has 0 saturated carbocycles. The van der Waals surface area contributed by atoms with Crippen molar-refractivity contribution in [1.82, 2.24) is 9.97 Å². The van der Waals surface area contributed by atoms with Crippen LogP contribution >= 0.6 is 0 Å². The van der Waals surface area contributed by atoms with Crippen LogP contribution in [-0.4, -0.2) is 29.2 Å². The van der Waals surface area contributed by atoms with E-state index in [1.165, 1.54) is 4.90 Å². The molecule has 0 aliphatic carbocycles. The van der Waals surface area contributed by atoms with Gasteiger partial charge < -0.3 is 4.90 Å². The lowest BCUT2D eigenvalue weighted by atomic mass is 9.97. The normalized spacial score (nSPS) is 20.5. The van der Waals surface area contributed by atoms with Crippen molar-refractivity contribution in [2.75, 3.05) is 23.4 Å². The van der Waals surface area contributed by atoms with Crippen LogP contribution < -0.4 is 16.2 Å². The second-order valence-electron chi connectivity index (χ2n) is 4.34. The summed E-state index contributed by atoms with van der Waals surface area (Å²) < 4.78 is 51.7. The molecule has 19 heavy (non-hydrogen) atoms. The Morgan fingerprint density at radius 3 is 2.79 bits per heavy atom. The van der Waals surface area contributed by atoms with Crippen molar-refractivity contribution in [3.8, 4) is 0 Å². The third kappa shape index (κ3) is 3.03. The lowest BCUT2D eigenvalue weighted by Gasteiger charge is -2.34. The Bertz CT molecular complexity index is 450. The number of nitrogen functional groups attached to an aromatic ring is 1. The van der Waals surface area contributed by atoms with Crippen LogP contribution in [0.2, 0.25) is 0 Å². The van der Waals surface area contributed by atoms with Gasteiger partial charge >= 0.3 is 6.18 Å². The molecular formula is C10H13F4N5. The fraction of sp³-hybridized carbons (Fsp3) is 0.600. The minimum Gasteiger partial charge on any atom is -0.353 e. The van der Waals surface area contributed by atoms with Gasteiger partial charge in [0, 0.05) is 13.1 Å². The quantitative estimate of drug-likeness (QED) is 0.490. The van der Waals surface area contributed by atoms with Gasteiger partial charge in [-0.3, -0.25) is 5.43 Å². The first-order valence-corrected chi connectivity index (χ1v) is 5.72. The Hall–Kier alpha value is -1.64. The zero-order chi connectivity index (χ0) is 14.0. The van der Waals surface area contributed by atoms with E-state index in [-0.39, 0.29) is 24.7 Å². The van der Waals surface area contributed by atoms with Crippen molar-refractivity contribution in [3.05, 3.63) is 12.0 Å². The summed E-state index contributed by atoms with van der Waals surface area (Å²) in [7, 11) is 0. The molecule has 0 bridgehead atoms. The van der Waals surface area contributed by atoms with Crippen LogP contribution in [0.1, 0.15) is 12.8 Å². The van der Waals surface area contributed by atoms with Crippen LogP contribution in [0.15, 0.2) is 6.20 Å². The number of anilines is 2. The highest BCUT2D eigenvalue weighted by molar-refractivity contribution is 5.44. The Balaban J connectivity index is 2.21. The van der Waals surface area contributed by atoms with Crippen molar-refractivity contribution < 1.29 is 17.6 Å². The number of rotatable bonds is 2. The smallest absolute Gasteiger partial charge is 0.353 e. The summed E-state index contributed by atoms with van der Waals surface area (Å²) in [5.41, 5.74) is 2.14. The molecule has 1 aromatic rings. The molecule has 5 nitrogen and oxygen atoms in total. The zero-order valence-electron chi connectivity index (χ0n) is 9.91. The molecule has 2 heterocycles. The van der Waals surface area contributed by atoms with E-state index in [9.17, 15) is 17.6 Å². The molecule has 1 atom stereocenters. The average molecular weight is 279 g/mol. The van der Waals surface area contributed by atoms with Gasteiger partial charge in [-0.2, -0.15) is 18.2 Å². The van der Waals surface area contributed by atoms with Gasteiger partial charge in [0.1, 0.15) is 0 Å². The number of hydrogen-bond donors (Lipinski definition) is 2. The minimum absolute atomic E-state index is 0.0365. The van der Waals surface area contributed by atoms with E-state index in [1.807, 2.05) is 0 Å². The highest BCUT2D eigenvalue weighted by Crippen LogP contribution is 2.34. The van der Waals surface area contributed by atoms with Crippen LogP contribution in [0, 0.1) is 11.7 Å². The molecule has 2 rings (SSSR count). The second kappa shape index (κ2) is 5.16. The number of nitrogens with two attached hydrogens (primary N) is 1. The zero-order valence-corrected chi connectivity index (χ0v) is 9.91. The Labute approximate surface area is 106 Å². The number of halogens is 4. The number of piperidine rings is 1. The van der Waals surface area contributed by atoms with Gasteiger partial charge in [-0.1, -0.05) is 0 Å². The van der Waals surface area contributed by atoms with E-state index in [0.29, 0.717) is 13.0 Å². The van der Waals surface area contributed by atoms with Gasteiger partial charge in [0.15, 0.2) is 11.6 Å². The lowest BCUT2D eigenvalue weighted by molar-refractivity contribution is -0.176. The van der Waals surface area contributed by atoms with Crippen LogP contribution in [0.25, 0.3) is 0 Å². The maximum Gasteiger partial charge on any atom is 0.393 e. The van der Waals surface area contributed by atoms with Gasteiger partial charge in [-0.25, -0.2) is 15.2 Å². The van der Waals surface area contributed by atoms with Gasteiger partial charge in [0.25, 0.3) is 0 Å². The Morgan fingerprint density at radius 1 is 1.42 bits per heavy atom. The highest BCUT2D eigenvalue weighted by Gasteiger charge is 2.42. The average Bonchev–Trinajstić information content (AvgIpc) is 2.38. The maximum absolute atomic E-state index is 13.6. The molecule has 0 spiro atoms. The number of hydrogen-bond acceptors (Lipinski definition) is 5. The molecular weight excluding hydrogens is 266 g/mol. The predicted molar refractivity (Wildman–Crippen MR) is 60.8 cm³/mol. The molecule has 0 amide bonds. The first-order valence-electron chi connectivity index (χ1n) is 5.72. The summed E-state index contributed by atoms with van der Waals surface area (Å²) in [5.74, 6) is 2.68. The molecule has 3 N–H and O–H groups in total. The minimum atomic E-state index is -4.28. The standard InChI is InChI=1S/C10H13F4N5/c11-7-4-16-9(18-15)17-8(7)19-3-1-2-6(5-19)10(12,13)14/h4,6H,1-3,5,15H2,(H,16,17,18). The molecule has 9 heteroatoms. The van der Waals surface area contributed by atoms with E-state index in [0.717, 1.165) is 6.20 Å². The van der Waals surface area contributed by atoms with Crippen LogP contribution in [0.3, 0.4) is 0 Å². The third-order valence-corrected chi connectivity index (χ3v) is 3.04. The summed E-state index contributed by atoms with van der Waals surface area (Å²) in [6, 6.07) is 0. The van der Waals surface area contributed by atoms with Crippen molar-refractivity contribution in [1.29, 1.82) is 0 Å². The van der Waals surface area contributed by atoms with Crippen molar-refractivity contribution in [3.63, 3.8) is 0 Å². The summed E-state index contributed by atoms with van der Waals surface area (Å²) in [4.78, 5) is 8.59. The monoisotopic (exact) mass is 279 g/mol. The van der Waals surface area contributed by atoms with Crippen molar-refractivity contribution >= 4 is 11.8 Å². The molecule has 1 saturated heterocycles. The molecule has 1 fully saturated rings. The number of nitrogens with one attached hydrogen (secondary N) is 1. The van der Waals surface area contributed by atoms with E-state index >= 15 is 0 Å². The number of nitrogens with zero attached hydrogens (tertiary/aromatic N) is 3. The number of hydrazine groups is 1. The first-order chi connectivity index (χ1) is 8.91. The molecule has 1 unspecified atom stereocenters. The SMILES string of the molecule is NNc1ncc(F)c(N2CCCC(C(F)(F)F)C2)n1. The van der Waals surface area contributed by atoms with Gasteiger partial charge in [0.2, 0.25) is 5.95 Å². The van der Waals surface area contributed by atoms with Crippen LogP contribution in [0.5, 0.6) is 0 Å². The molecule has 0 radical (unpaired) electrons. The van der Waals surface area contributed by atoms with Crippen LogP contribution in [0.4, 0.5) is 29.3 Å². The summed E-state index contributed by atoms with van der Waals surface area (Å²) in [6.45, 7) is 0.0198. The van der Waals surface area contributed by atoms with Gasteiger partial charge in [-0.05, 0) is 12.8 Å². The fourth-order valence-corrected chi connectivity index (χ4v) is 2.09. The van der Waals surface area contributed by atoms with E-state index in [2.05, 4.69) is 15.4 Å². The first kappa shape index (κ1) is 13.8. The second-order valence-corrected chi connectivity index (χ2v) is 4.34. The third-order valence-electron chi connectivity index (χ3n) is 3.04. The molecule has 1 aromatic heterocycles. The summed E-state index contributed by atoms with van der Waals surface area (Å²) >= 11 is 0. The lowest BCUT2D eigenvalue weighted by Crippen LogP contribution is -2.42. The van der Waals surface area contributed by atoms with Crippen molar-refractivity contribution in [2.45, 2.75) is 19.0 Å². The maximum atomic E-state index is 13.6. The van der Waals surface area contributed by atoms with Crippen LogP contribution in [-0.2, 0) is 0 Å². The molecule has 106 valence electrons. The largest absolute Gasteiger partial charge is 0.393 e. The Morgan fingerprint density at radius 2 is 2.16 bits per heavy atom. The number of alkyl halides is 3. The topological polar surface area (TPSA) is 67.1 Å². The molecule has 1 aliphatic heterocycles.